The summed E-state index contributed by atoms with van der Waals surface area (Å²) in [5, 5.41) is 3.48. The van der Waals surface area contributed by atoms with Crippen molar-refractivity contribution < 1.29 is 0 Å². The van der Waals surface area contributed by atoms with E-state index in [0.29, 0.717) is 6.04 Å². The second-order valence-electron chi connectivity index (χ2n) is 4.47. The lowest BCUT2D eigenvalue weighted by atomic mass is 10.1. The molecular weight excluding hydrogens is 224 g/mol. The monoisotopic (exact) mass is 244 g/mol. The van der Waals surface area contributed by atoms with Crippen molar-refractivity contribution in [3.63, 3.8) is 0 Å². The third-order valence-electron chi connectivity index (χ3n) is 3.04. The molecule has 0 saturated heterocycles. The lowest BCUT2D eigenvalue weighted by molar-refractivity contribution is 0.570. The summed E-state index contributed by atoms with van der Waals surface area (Å²) in [6.07, 6.45) is 6.73. The minimum Gasteiger partial charge on any atom is -0.310 e. The van der Waals surface area contributed by atoms with E-state index >= 15 is 0 Å². The maximum atomic E-state index is 4.40. The highest BCUT2D eigenvalue weighted by Crippen LogP contribution is 2.15. The summed E-state index contributed by atoms with van der Waals surface area (Å²) in [7, 11) is 0. The molecule has 2 aromatic heterocycles. The predicted molar refractivity (Wildman–Crippen MR) is 72.8 cm³/mol. The zero-order chi connectivity index (χ0) is 13.0. The topological polar surface area (TPSA) is 42.7 Å². The molecule has 2 rings (SSSR count). The molecule has 0 aliphatic rings. The van der Waals surface area contributed by atoms with E-state index < -0.39 is 0 Å². The van der Waals surface area contributed by atoms with Crippen molar-refractivity contribution in [2.75, 3.05) is 6.54 Å². The van der Waals surface area contributed by atoms with E-state index in [1.165, 1.54) is 5.56 Å². The molecule has 0 bridgehead atoms. The van der Waals surface area contributed by atoms with Gasteiger partial charge in [-0.05, 0) is 44.5 Å². The lowest BCUT2D eigenvalue weighted by Gasteiger charge is -2.14. The second-order valence-corrected chi connectivity index (χ2v) is 4.47. The van der Waals surface area contributed by atoms with Gasteiger partial charge in [0, 0.05) is 24.6 Å². The molecule has 4 nitrogen and oxygen atoms in total. The van der Waals surface area contributed by atoms with Gasteiger partial charge >= 0.3 is 0 Å². The van der Waals surface area contributed by atoms with Crippen molar-refractivity contribution >= 4 is 0 Å². The number of hydrogen-bond donors (Lipinski definition) is 1. The van der Waals surface area contributed by atoms with E-state index in [1.807, 2.05) is 23.9 Å². The number of pyridine rings is 1. The Kier molecular flexibility index (Phi) is 4.10. The van der Waals surface area contributed by atoms with Gasteiger partial charge in [0.1, 0.15) is 11.6 Å². The molecule has 0 saturated carbocycles. The Hall–Kier alpha value is -1.68. The van der Waals surface area contributed by atoms with Crippen LogP contribution in [0.3, 0.4) is 0 Å². The Labute approximate surface area is 108 Å². The van der Waals surface area contributed by atoms with Crippen LogP contribution in [0.2, 0.25) is 0 Å². The summed E-state index contributed by atoms with van der Waals surface area (Å²) >= 11 is 0. The first-order valence-electron chi connectivity index (χ1n) is 6.42. The lowest BCUT2D eigenvalue weighted by Crippen LogP contribution is -2.19. The Morgan fingerprint density at radius 3 is 2.83 bits per heavy atom. The number of imidazole rings is 1. The van der Waals surface area contributed by atoms with Gasteiger partial charge in [0.25, 0.3) is 0 Å². The molecule has 0 radical (unpaired) electrons. The van der Waals surface area contributed by atoms with Crippen LogP contribution in [0.15, 0.2) is 30.7 Å². The number of nitrogens with zero attached hydrogens (tertiary/aromatic N) is 3. The zero-order valence-electron chi connectivity index (χ0n) is 11.2. The van der Waals surface area contributed by atoms with Gasteiger partial charge in [-0.1, -0.05) is 6.92 Å². The highest BCUT2D eigenvalue weighted by atomic mass is 15.1. The first-order chi connectivity index (χ1) is 8.72. The molecular formula is C14H20N4. The van der Waals surface area contributed by atoms with Crippen LogP contribution >= 0.6 is 0 Å². The van der Waals surface area contributed by atoms with Crippen molar-refractivity contribution in [1.29, 1.82) is 0 Å². The van der Waals surface area contributed by atoms with Gasteiger partial charge in [0.15, 0.2) is 0 Å². The average molecular weight is 244 g/mol. The van der Waals surface area contributed by atoms with Crippen molar-refractivity contribution in [3.8, 4) is 5.82 Å². The standard InChI is InChI=1S/C14H20N4/c1-4-6-15-11(2)13-5-7-17-14(10-13)18-9-8-16-12(18)3/h5,7-11,15H,4,6H2,1-3H3. The maximum Gasteiger partial charge on any atom is 0.138 e. The molecule has 96 valence electrons. The van der Waals surface area contributed by atoms with Crippen LogP contribution < -0.4 is 5.32 Å². The van der Waals surface area contributed by atoms with Crippen LogP contribution in [0.4, 0.5) is 0 Å². The second kappa shape index (κ2) is 5.78. The highest BCUT2D eigenvalue weighted by molar-refractivity contribution is 5.30. The quantitative estimate of drug-likeness (QED) is 0.879. The van der Waals surface area contributed by atoms with E-state index in [4.69, 9.17) is 0 Å². The number of aromatic nitrogens is 3. The fraction of sp³-hybridized carbons (Fsp3) is 0.429. The van der Waals surface area contributed by atoms with Crippen LogP contribution in [-0.4, -0.2) is 21.1 Å². The van der Waals surface area contributed by atoms with E-state index in [-0.39, 0.29) is 0 Å². The summed E-state index contributed by atoms with van der Waals surface area (Å²) in [5.41, 5.74) is 1.25. The number of hydrogen-bond acceptors (Lipinski definition) is 3. The van der Waals surface area contributed by atoms with E-state index in [1.54, 1.807) is 6.20 Å². The first kappa shape index (κ1) is 12.8. The van der Waals surface area contributed by atoms with Gasteiger partial charge in [0.05, 0.1) is 0 Å². The fourth-order valence-corrected chi connectivity index (χ4v) is 1.93. The Morgan fingerprint density at radius 2 is 2.17 bits per heavy atom. The van der Waals surface area contributed by atoms with E-state index in [2.05, 4.69) is 41.3 Å². The number of nitrogens with one attached hydrogen (secondary N) is 1. The molecule has 2 aromatic rings. The molecule has 1 atom stereocenters. The molecule has 1 unspecified atom stereocenters. The van der Waals surface area contributed by atoms with E-state index in [9.17, 15) is 0 Å². The number of rotatable bonds is 5. The molecule has 0 aliphatic heterocycles. The largest absolute Gasteiger partial charge is 0.310 e. The van der Waals surface area contributed by atoms with Crippen molar-refractivity contribution in [2.24, 2.45) is 0 Å². The van der Waals surface area contributed by atoms with Gasteiger partial charge in [0.2, 0.25) is 0 Å². The van der Waals surface area contributed by atoms with Gasteiger partial charge in [-0.3, -0.25) is 4.57 Å². The van der Waals surface area contributed by atoms with Crippen LogP contribution in [0, 0.1) is 6.92 Å². The zero-order valence-corrected chi connectivity index (χ0v) is 11.2. The molecule has 0 fully saturated rings. The molecule has 0 aromatic carbocycles. The summed E-state index contributed by atoms with van der Waals surface area (Å²) in [5.74, 6) is 1.88. The molecule has 18 heavy (non-hydrogen) atoms. The minimum absolute atomic E-state index is 0.343. The minimum atomic E-state index is 0.343. The summed E-state index contributed by atoms with van der Waals surface area (Å²) in [6, 6.07) is 4.51. The van der Waals surface area contributed by atoms with Crippen LogP contribution in [0.5, 0.6) is 0 Å². The summed E-state index contributed by atoms with van der Waals surface area (Å²) < 4.78 is 2.00. The Bertz CT molecular complexity index is 504. The summed E-state index contributed by atoms with van der Waals surface area (Å²) in [6.45, 7) is 7.36. The average Bonchev–Trinajstić information content (AvgIpc) is 2.82. The fourth-order valence-electron chi connectivity index (χ4n) is 1.93. The normalized spacial score (nSPS) is 12.6. The van der Waals surface area contributed by atoms with Crippen molar-refractivity contribution in [1.82, 2.24) is 19.9 Å². The van der Waals surface area contributed by atoms with Gasteiger partial charge in [-0.25, -0.2) is 9.97 Å². The number of aryl methyl sites for hydroxylation is 1. The molecule has 1 N–H and O–H groups in total. The SMILES string of the molecule is CCCNC(C)c1ccnc(-n2ccnc2C)c1. The predicted octanol–water partition coefficient (Wildman–Crippen LogP) is 2.64. The first-order valence-corrected chi connectivity index (χ1v) is 6.42. The third kappa shape index (κ3) is 2.76. The van der Waals surface area contributed by atoms with Gasteiger partial charge < -0.3 is 5.32 Å². The van der Waals surface area contributed by atoms with E-state index in [0.717, 1.165) is 24.6 Å². The molecule has 4 heteroatoms. The summed E-state index contributed by atoms with van der Waals surface area (Å²) in [4.78, 5) is 8.63. The van der Waals surface area contributed by atoms with Gasteiger partial charge in [-0.15, -0.1) is 0 Å². The Balaban J connectivity index is 2.22. The molecule has 2 heterocycles. The third-order valence-corrected chi connectivity index (χ3v) is 3.04. The molecule has 0 spiro atoms. The molecule has 0 aliphatic carbocycles. The van der Waals surface area contributed by atoms with Crippen LogP contribution in [-0.2, 0) is 0 Å². The van der Waals surface area contributed by atoms with Crippen LogP contribution in [0.25, 0.3) is 5.82 Å². The molecule has 0 amide bonds. The van der Waals surface area contributed by atoms with Crippen LogP contribution in [0.1, 0.15) is 37.7 Å². The highest BCUT2D eigenvalue weighted by Gasteiger charge is 2.07. The van der Waals surface area contributed by atoms with Gasteiger partial charge in [-0.2, -0.15) is 0 Å². The smallest absolute Gasteiger partial charge is 0.138 e. The van der Waals surface area contributed by atoms with Crippen molar-refractivity contribution in [3.05, 3.63) is 42.1 Å². The Morgan fingerprint density at radius 1 is 1.33 bits per heavy atom. The maximum absolute atomic E-state index is 4.40. The van der Waals surface area contributed by atoms with Crippen molar-refractivity contribution in [2.45, 2.75) is 33.2 Å².